The lowest BCUT2D eigenvalue weighted by atomic mass is 10.3. The van der Waals surface area contributed by atoms with E-state index in [2.05, 4.69) is 23.4 Å². The summed E-state index contributed by atoms with van der Waals surface area (Å²) in [5.74, 6) is 0.817. The molecule has 1 aromatic rings. The largest absolute Gasteiger partial charge is 0.493 e. The molecule has 0 atom stereocenters. The van der Waals surface area contributed by atoms with E-state index in [0.29, 0.717) is 0 Å². The Bertz CT molecular complexity index is 318. The molecule has 0 unspecified atom stereocenters. The van der Waals surface area contributed by atoms with Gasteiger partial charge in [-0.2, -0.15) is 5.10 Å². The van der Waals surface area contributed by atoms with Gasteiger partial charge >= 0.3 is 0 Å². The van der Waals surface area contributed by atoms with Crippen LogP contribution in [-0.4, -0.2) is 30.0 Å². The van der Waals surface area contributed by atoms with Crippen LogP contribution in [0.1, 0.15) is 19.0 Å². The molecule has 0 bridgehead atoms. The van der Waals surface area contributed by atoms with Crippen molar-refractivity contribution >= 4 is 6.08 Å². The van der Waals surface area contributed by atoms with Gasteiger partial charge in [0.1, 0.15) is 5.69 Å². The highest BCUT2D eigenvalue weighted by Gasteiger charge is 2.03. The Kier molecular flexibility index (Phi) is 4.90. The van der Waals surface area contributed by atoms with Crippen LogP contribution in [0.15, 0.2) is 12.3 Å². The van der Waals surface area contributed by atoms with E-state index in [1.54, 1.807) is 13.3 Å². The van der Waals surface area contributed by atoms with Crippen molar-refractivity contribution in [3.05, 3.63) is 18.0 Å². The van der Waals surface area contributed by atoms with E-state index in [1.165, 1.54) is 0 Å². The van der Waals surface area contributed by atoms with Crippen LogP contribution >= 0.6 is 0 Å². The molecule has 0 amide bonds. The highest BCUT2D eigenvalue weighted by atomic mass is 16.5. The Labute approximate surface area is 90.9 Å². The van der Waals surface area contributed by atoms with Gasteiger partial charge < -0.3 is 10.1 Å². The molecule has 0 aliphatic heterocycles. The van der Waals surface area contributed by atoms with Gasteiger partial charge in [0.2, 0.25) is 0 Å². The van der Waals surface area contributed by atoms with Crippen molar-refractivity contribution in [2.45, 2.75) is 13.3 Å². The van der Waals surface area contributed by atoms with E-state index in [-0.39, 0.29) is 0 Å². The summed E-state index contributed by atoms with van der Waals surface area (Å²) in [6, 6.07) is 0. The predicted molar refractivity (Wildman–Crippen MR) is 62.0 cm³/mol. The second-order valence-corrected chi connectivity index (χ2v) is 3.27. The Morgan fingerprint density at radius 3 is 3.07 bits per heavy atom. The van der Waals surface area contributed by atoms with Crippen LogP contribution < -0.4 is 10.1 Å². The van der Waals surface area contributed by atoms with Crippen LogP contribution in [0.3, 0.4) is 0 Å². The summed E-state index contributed by atoms with van der Waals surface area (Å²) in [6.07, 6.45) is 6.91. The Morgan fingerprint density at radius 2 is 2.40 bits per heavy atom. The van der Waals surface area contributed by atoms with Gasteiger partial charge in [0.25, 0.3) is 0 Å². The molecular weight excluding hydrogens is 190 g/mol. The first kappa shape index (κ1) is 11.8. The lowest BCUT2D eigenvalue weighted by Crippen LogP contribution is -2.12. The Balaban J connectivity index is 2.51. The fourth-order valence-corrected chi connectivity index (χ4v) is 1.33. The second kappa shape index (κ2) is 6.24. The molecule has 4 nitrogen and oxygen atoms in total. The summed E-state index contributed by atoms with van der Waals surface area (Å²) in [5, 5.41) is 7.39. The lowest BCUT2D eigenvalue weighted by molar-refractivity contribution is 0.413. The second-order valence-electron chi connectivity index (χ2n) is 3.27. The Morgan fingerprint density at radius 1 is 1.60 bits per heavy atom. The molecule has 0 aliphatic carbocycles. The number of aryl methyl sites for hydroxylation is 1. The topological polar surface area (TPSA) is 39.1 Å². The van der Waals surface area contributed by atoms with Crippen LogP contribution in [0.2, 0.25) is 0 Å². The van der Waals surface area contributed by atoms with Crippen molar-refractivity contribution in [3.63, 3.8) is 0 Å². The molecule has 84 valence electrons. The molecule has 0 fully saturated rings. The van der Waals surface area contributed by atoms with Gasteiger partial charge in [-0.15, -0.1) is 0 Å². The van der Waals surface area contributed by atoms with E-state index >= 15 is 0 Å². The van der Waals surface area contributed by atoms with E-state index in [1.807, 2.05) is 17.8 Å². The van der Waals surface area contributed by atoms with E-state index < -0.39 is 0 Å². The molecule has 15 heavy (non-hydrogen) atoms. The van der Waals surface area contributed by atoms with Crippen molar-refractivity contribution in [2.24, 2.45) is 7.05 Å². The minimum atomic E-state index is 0.817. The van der Waals surface area contributed by atoms with Crippen LogP contribution in [0.4, 0.5) is 0 Å². The van der Waals surface area contributed by atoms with E-state index in [9.17, 15) is 0 Å². The summed E-state index contributed by atoms with van der Waals surface area (Å²) in [5.41, 5.74) is 1.01. The molecule has 0 saturated heterocycles. The van der Waals surface area contributed by atoms with Crippen LogP contribution in [0.5, 0.6) is 5.75 Å². The first-order valence-corrected chi connectivity index (χ1v) is 5.22. The minimum absolute atomic E-state index is 0.817. The third-order valence-corrected chi connectivity index (χ3v) is 2.18. The number of hydrogen-bond acceptors (Lipinski definition) is 3. The molecule has 0 aromatic carbocycles. The standard InChI is InChI=1S/C11H19N3O/c1-4-12-8-6-5-7-10-11(15-3)9-13-14(10)2/h5,7,9,12H,4,6,8H2,1-3H3/b7-5+. The molecule has 0 aliphatic rings. The monoisotopic (exact) mass is 209 g/mol. The van der Waals surface area contributed by atoms with Gasteiger partial charge in [-0.3, -0.25) is 4.68 Å². The quantitative estimate of drug-likeness (QED) is 0.721. The fraction of sp³-hybridized carbons (Fsp3) is 0.545. The zero-order valence-corrected chi connectivity index (χ0v) is 9.66. The summed E-state index contributed by atoms with van der Waals surface area (Å²) in [4.78, 5) is 0. The number of methoxy groups -OCH3 is 1. The van der Waals surface area contributed by atoms with Gasteiger partial charge in [0, 0.05) is 7.05 Å². The first-order valence-electron chi connectivity index (χ1n) is 5.22. The van der Waals surface area contributed by atoms with Crippen molar-refractivity contribution in [1.82, 2.24) is 15.1 Å². The van der Waals surface area contributed by atoms with Crippen molar-refractivity contribution < 1.29 is 4.74 Å². The van der Waals surface area contributed by atoms with Crippen molar-refractivity contribution in [1.29, 1.82) is 0 Å². The normalized spacial score (nSPS) is 11.1. The average molecular weight is 209 g/mol. The van der Waals surface area contributed by atoms with Gasteiger partial charge in [0.15, 0.2) is 5.75 Å². The van der Waals surface area contributed by atoms with Gasteiger partial charge in [-0.05, 0) is 25.6 Å². The van der Waals surface area contributed by atoms with E-state index in [4.69, 9.17) is 4.74 Å². The summed E-state index contributed by atoms with van der Waals surface area (Å²) < 4.78 is 7.00. The summed E-state index contributed by atoms with van der Waals surface area (Å²) >= 11 is 0. The van der Waals surface area contributed by atoms with Crippen LogP contribution in [0.25, 0.3) is 6.08 Å². The highest BCUT2D eigenvalue weighted by Crippen LogP contribution is 2.17. The fourth-order valence-electron chi connectivity index (χ4n) is 1.33. The highest BCUT2D eigenvalue weighted by molar-refractivity contribution is 5.52. The zero-order chi connectivity index (χ0) is 11.1. The number of hydrogen-bond donors (Lipinski definition) is 1. The maximum Gasteiger partial charge on any atom is 0.164 e. The smallest absolute Gasteiger partial charge is 0.164 e. The molecule has 1 N–H and O–H groups in total. The molecule has 4 heteroatoms. The first-order chi connectivity index (χ1) is 7.29. The molecule has 0 radical (unpaired) electrons. The van der Waals surface area contributed by atoms with Crippen LogP contribution in [-0.2, 0) is 7.05 Å². The number of nitrogens with one attached hydrogen (secondary N) is 1. The number of aromatic nitrogens is 2. The SMILES string of the molecule is CCNCC/C=C/c1c(OC)cnn1C. The average Bonchev–Trinajstić information content (AvgIpc) is 2.60. The van der Waals surface area contributed by atoms with E-state index in [0.717, 1.165) is 31.0 Å². The molecule has 1 heterocycles. The number of ether oxygens (including phenoxy) is 1. The van der Waals surface area contributed by atoms with Gasteiger partial charge in [0.05, 0.1) is 13.3 Å². The third kappa shape index (κ3) is 3.40. The maximum absolute atomic E-state index is 5.19. The summed E-state index contributed by atoms with van der Waals surface area (Å²) in [6.45, 7) is 4.13. The summed E-state index contributed by atoms with van der Waals surface area (Å²) in [7, 11) is 3.57. The molecule has 0 spiro atoms. The van der Waals surface area contributed by atoms with Crippen molar-refractivity contribution in [3.8, 4) is 5.75 Å². The minimum Gasteiger partial charge on any atom is -0.493 e. The lowest BCUT2D eigenvalue weighted by Gasteiger charge is -1.99. The molecule has 1 aromatic heterocycles. The predicted octanol–water partition coefficient (Wildman–Crippen LogP) is 1.44. The number of rotatable bonds is 6. The molecule has 1 rings (SSSR count). The van der Waals surface area contributed by atoms with Crippen molar-refractivity contribution in [2.75, 3.05) is 20.2 Å². The Hall–Kier alpha value is -1.29. The third-order valence-electron chi connectivity index (χ3n) is 2.18. The van der Waals surface area contributed by atoms with Gasteiger partial charge in [-0.1, -0.05) is 13.0 Å². The molecular formula is C11H19N3O. The number of nitrogens with zero attached hydrogens (tertiary/aromatic N) is 2. The zero-order valence-electron chi connectivity index (χ0n) is 9.66. The van der Waals surface area contributed by atoms with Crippen LogP contribution in [0, 0.1) is 0 Å². The maximum atomic E-state index is 5.19. The molecule has 0 saturated carbocycles. The van der Waals surface area contributed by atoms with Gasteiger partial charge in [-0.25, -0.2) is 0 Å².